The van der Waals surface area contributed by atoms with E-state index < -0.39 is 11.8 Å². The minimum Gasteiger partial charge on any atom is -0.343 e. The average molecular weight is 367 g/mol. The Morgan fingerprint density at radius 3 is 2.56 bits per heavy atom. The lowest BCUT2D eigenvalue weighted by Gasteiger charge is -2.08. The summed E-state index contributed by atoms with van der Waals surface area (Å²) in [5, 5.41) is 5.15. The van der Waals surface area contributed by atoms with Crippen LogP contribution in [0.2, 0.25) is 0 Å². The molecule has 4 rings (SSSR count). The van der Waals surface area contributed by atoms with E-state index in [1.54, 1.807) is 24.3 Å². The van der Waals surface area contributed by atoms with Gasteiger partial charge in [-0.05, 0) is 43.0 Å². The molecule has 9 nitrogen and oxygen atoms in total. The predicted octanol–water partition coefficient (Wildman–Crippen LogP) is 0.790. The maximum Gasteiger partial charge on any atom is 0.323 e. The summed E-state index contributed by atoms with van der Waals surface area (Å²) < 4.78 is 0. The van der Waals surface area contributed by atoms with Crippen molar-refractivity contribution < 1.29 is 9.59 Å². The maximum absolute atomic E-state index is 12.2. The topological polar surface area (TPSA) is 140 Å². The normalized spacial score (nSPS) is 13.5. The standard InChI is InChI=1S/C18H17N5O4/c24-15-6-10(5-13(21-15)9-1-2-9)17(26)19-8-16(25)20-11-3-4-12-14(7-11)23-18(27)22-12/h3-7,9H,1-2,8H2,(H,19,26)(H,20,25)(H,21,24)(H2,22,23,27). The van der Waals surface area contributed by atoms with E-state index in [1.165, 1.54) is 6.07 Å². The molecule has 3 aromatic rings. The fourth-order valence-electron chi connectivity index (χ4n) is 2.89. The number of carbonyl (C=O) groups is 2. The van der Waals surface area contributed by atoms with Crippen molar-refractivity contribution in [2.75, 3.05) is 11.9 Å². The van der Waals surface area contributed by atoms with Crippen LogP contribution in [0.25, 0.3) is 11.0 Å². The van der Waals surface area contributed by atoms with Gasteiger partial charge in [-0.3, -0.25) is 14.4 Å². The molecule has 5 N–H and O–H groups in total. The lowest BCUT2D eigenvalue weighted by atomic mass is 10.1. The van der Waals surface area contributed by atoms with E-state index in [1.807, 2.05) is 0 Å². The average Bonchev–Trinajstić information content (AvgIpc) is 3.41. The van der Waals surface area contributed by atoms with Gasteiger partial charge in [0.1, 0.15) is 0 Å². The van der Waals surface area contributed by atoms with Gasteiger partial charge in [-0.1, -0.05) is 0 Å². The molecule has 1 aliphatic carbocycles. The molecule has 9 heteroatoms. The molecule has 2 aromatic heterocycles. The minimum atomic E-state index is -0.483. The summed E-state index contributed by atoms with van der Waals surface area (Å²) in [7, 11) is 0. The molecule has 1 aromatic carbocycles. The molecule has 0 atom stereocenters. The fraction of sp³-hybridized carbons (Fsp3) is 0.222. The van der Waals surface area contributed by atoms with Crippen LogP contribution in [-0.4, -0.2) is 33.3 Å². The molecule has 0 unspecified atom stereocenters. The number of imidazole rings is 1. The van der Waals surface area contributed by atoms with Gasteiger partial charge in [0.15, 0.2) is 0 Å². The molecule has 1 saturated carbocycles. The van der Waals surface area contributed by atoms with Gasteiger partial charge >= 0.3 is 5.69 Å². The van der Waals surface area contributed by atoms with Crippen molar-refractivity contribution in [1.29, 1.82) is 0 Å². The minimum absolute atomic E-state index is 0.236. The third kappa shape index (κ3) is 3.81. The number of amides is 2. The predicted molar refractivity (Wildman–Crippen MR) is 98.9 cm³/mol. The maximum atomic E-state index is 12.2. The molecular weight excluding hydrogens is 350 g/mol. The number of rotatable bonds is 5. The van der Waals surface area contributed by atoms with E-state index in [9.17, 15) is 19.2 Å². The molecule has 0 aliphatic heterocycles. The van der Waals surface area contributed by atoms with Crippen molar-refractivity contribution in [3.05, 3.63) is 62.4 Å². The van der Waals surface area contributed by atoms with Crippen molar-refractivity contribution in [1.82, 2.24) is 20.3 Å². The van der Waals surface area contributed by atoms with Gasteiger partial charge < -0.3 is 25.6 Å². The Morgan fingerprint density at radius 2 is 1.78 bits per heavy atom. The second kappa shape index (κ2) is 6.60. The largest absolute Gasteiger partial charge is 0.343 e. The van der Waals surface area contributed by atoms with E-state index in [2.05, 4.69) is 25.6 Å². The third-order valence-corrected chi connectivity index (χ3v) is 4.35. The number of fused-ring (bicyclic) bond motifs is 1. The SMILES string of the molecule is O=C(CNC(=O)c1cc(C2CC2)[nH]c(=O)c1)Nc1ccc2[nH]c(=O)[nH]c2c1. The Kier molecular flexibility index (Phi) is 4.11. The summed E-state index contributed by atoms with van der Waals surface area (Å²) in [6.07, 6.45) is 2.00. The van der Waals surface area contributed by atoms with Crippen molar-refractivity contribution in [2.45, 2.75) is 18.8 Å². The van der Waals surface area contributed by atoms with Gasteiger partial charge in [-0.15, -0.1) is 0 Å². The molecule has 27 heavy (non-hydrogen) atoms. The number of nitrogens with one attached hydrogen (secondary N) is 5. The van der Waals surface area contributed by atoms with E-state index in [0.717, 1.165) is 18.5 Å². The number of carbonyl (C=O) groups excluding carboxylic acids is 2. The van der Waals surface area contributed by atoms with E-state index in [-0.39, 0.29) is 23.4 Å². The van der Waals surface area contributed by atoms with E-state index in [0.29, 0.717) is 22.6 Å². The van der Waals surface area contributed by atoms with Crippen LogP contribution in [0.5, 0.6) is 0 Å². The highest BCUT2D eigenvalue weighted by Gasteiger charge is 2.25. The number of hydrogen-bond donors (Lipinski definition) is 5. The Bertz CT molecular complexity index is 1150. The van der Waals surface area contributed by atoms with Crippen LogP contribution >= 0.6 is 0 Å². The lowest BCUT2D eigenvalue weighted by molar-refractivity contribution is -0.115. The molecule has 2 amide bonds. The number of aromatic nitrogens is 3. The molecule has 0 bridgehead atoms. The van der Waals surface area contributed by atoms with Crippen molar-refractivity contribution in [3.8, 4) is 0 Å². The van der Waals surface area contributed by atoms with E-state index in [4.69, 9.17) is 0 Å². The third-order valence-electron chi connectivity index (χ3n) is 4.35. The van der Waals surface area contributed by atoms with Crippen LogP contribution in [0, 0.1) is 0 Å². The number of anilines is 1. The Balaban J connectivity index is 1.38. The fourth-order valence-corrected chi connectivity index (χ4v) is 2.89. The molecule has 138 valence electrons. The first-order chi connectivity index (χ1) is 13.0. The van der Waals surface area contributed by atoms with Crippen molar-refractivity contribution in [3.63, 3.8) is 0 Å². The summed E-state index contributed by atoms with van der Waals surface area (Å²) in [6, 6.07) is 7.80. The summed E-state index contributed by atoms with van der Waals surface area (Å²) in [4.78, 5) is 55.2. The number of benzene rings is 1. The molecule has 0 saturated heterocycles. The molecule has 1 aliphatic rings. The highest BCUT2D eigenvalue weighted by atomic mass is 16.2. The van der Waals surface area contributed by atoms with Crippen LogP contribution < -0.4 is 21.9 Å². The first kappa shape index (κ1) is 16.8. The summed E-state index contributed by atoms with van der Waals surface area (Å²) >= 11 is 0. The van der Waals surface area contributed by atoms with Gasteiger partial charge in [-0.2, -0.15) is 0 Å². The quantitative estimate of drug-likeness (QED) is 0.455. The zero-order chi connectivity index (χ0) is 19.0. The molecular formula is C18H17N5O4. The number of pyridine rings is 1. The number of hydrogen-bond acceptors (Lipinski definition) is 4. The lowest BCUT2D eigenvalue weighted by Crippen LogP contribution is -2.33. The van der Waals surface area contributed by atoms with Gasteiger partial charge in [-0.25, -0.2) is 4.79 Å². The van der Waals surface area contributed by atoms with Gasteiger partial charge in [0.2, 0.25) is 11.5 Å². The van der Waals surface area contributed by atoms with Gasteiger partial charge in [0, 0.05) is 23.0 Å². The molecule has 1 fully saturated rings. The molecule has 0 radical (unpaired) electrons. The summed E-state index contributed by atoms with van der Waals surface area (Å²) in [5.41, 5.74) is 2.02. The highest BCUT2D eigenvalue weighted by Crippen LogP contribution is 2.38. The first-order valence-corrected chi connectivity index (χ1v) is 8.52. The van der Waals surface area contributed by atoms with Gasteiger partial charge in [0.05, 0.1) is 17.6 Å². The highest BCUT2D eigenvalue weighted by molar-refractivity contribution is 5.99. The summed E-state index contributed by atoms with van der Waals surface area (Å²) in [6.45, 7) is -0.244. The van der Waals surface area contributed by atoms with Crippen LogP contribution in [0.4, 0.5) is 5.69 Å². The smallest absolute Gasteiger partial charge is 0.323 e. The van der Waals surface area contributed by atoms with Crippen molar-refractivity contribution >= 4 is 28.5 Å². The zero-order valence-electron chi connectivity index (χ0n) is 14.2. The number of H-pyrrole nitrogens is 3. The number of aromatic amines is 3. The van der Waals surface area contributed by atoms with Crippen LogP contribution in [0.15, 0.2) is 39.9 Å². The summed E-state index contributed by atoms with van der Waals surface area (Å²) in [5.74, 6) is -0.597. The Labute approximate surface area is 152 Å². The Morgan fingerprint density at radius 1 is 1.00 bits per heavy atom. The molecule has 2 heterocycles. The van der Waals surface area contributed by atoms with Crippen LogP contribution in [0.1, 0.15) is 34.8 Å². The van der Waals surface area contributed by atoms with Crippen LogP contribution in [-0.2, 0) is 4.79 Å². The monoisotopic (exact) mass is 367 g/mol. The second-order valence-electron chi connectivity index (χ2n) is 6.53. The first-order valence-electron chi connectivity index (χ1n) is 8.52. The van der Waals surface area contributed by atoms with E-state index >= 15 is 0 Å². The molecule has 0 spiro atoms. The van der Waals surface area contributed by atoms with Gasteiger partial charge in [0.25, 0.3) is 5.91 Å². The zero-order valence-corrected chi connectivity index (χ0v) is 14.2. The van der Waals surface area contributed by atoms with Crippen molar-refractivity contribution in [2.24, 2.45) is 0 Å². The second-order valence-corrected chi connectivity index (χ2v) is 6.53. The van der Waals surface area contributed by atoms with Crippen LogP contribution in [0.3, 0.4) is 0 Å². The Hall–Kier alpha value is -3.62.